The number of esters is 1. The summed E-state index contributed by atoms with van der Waals surface area (Å²) in [5.41, 5.74) is 2.12. The van der Waals surface area contributed by atoms with E-state index >= 15 is 0 Å². The number of carbonyl (C=O) groups is 1. The lowest BCUT2D eigenvalue weighted by molar-refractivity contribution is -0.313. The molecule has 7 heteroatoms. The quantitative estimate of drug-likeness (QED) is 0.0477. The lowest BCUT2D eigenvalue weighted by atomic mass is 9.47. The zero-order chi connectivity index (χ0) is 43.3. The van der Waals surface area contributed by atoms with Gasteiger partial charge in [-0.1, -0.05) is 136 Å². The van der Waals surface area contributed by atoms with Gasteiger partial charge in [-0.05, 0) is 142 Å². The van der Waals surface area contributed by atoms with Crippen LogP contribution in [0.1, 0.15) is 209 Å². The van der Waals surface area contributed by atoms with E-state index in [0.29, 0.717) is 17.8 Å². The topological polar surface area (TPSA) is 105 Å². The van der Waals surface area contributed by atoms with Gasteiger partial charge in [-0.2, -0.15) is 0 Å². The zero-order valence-electron chi connectivity index (χ0n) is 39.6. The molecule has 1 saturated heterocycles. The molecular weight excluding hydrogens is 749 g/mol. The maximum Gasteiger partial charge on any atom is 0.305 e. The molecule has 0 aromatic rings. The van der Waals surface area contributed by atoms with Crippen molar-refractivity contribution < 1.29 is 34.3 Å². The average Bonchev–Trinajstić information content (AvgIpc) is 3.59. The van der Waals surface area contributed by atoms with E-state index in [0.717, 1.165) is 93.3 Å². The molecule has 3 N–H and O–H groups in total. The Morgan fingerprint density at radius 1 is 0.817 bits per heavy atom. The molecule has 5 aliphatic rings. The number of rotatable bonds is 25. The molecule has 5 rings (SSSR count). The molecular formula is C53H92O7. The first-order valence-electron chi connectivity index (χ1n) is 25.7. The van der Waals surface area contributed by atoms with Gasteiger partial charge in [-0.25, -0.2) is 0 Å². The zero-order valence-corrected chi connectivity index (χ0v) is 39.6. The number of ether oxygens (including phenoxy) is 3. The lowest BCUT2D eigenvalue weighted by Gasteiger charge is -2.58. The highest BCUT2D eigenvalue weighted by Crippen LogP contribution is 2.67. The van der Waals surface area contributed by atoms with Gasteiger partial charge in [0.05, 0.1) is 6.10 Å². The SMILES string of the molecule is CCCCCCCCC=CCCCCCCCC(=O)OC[C@H]1O[C@@H](O[C@H]2CC[C@@]3(C)C(=CC[C@@H]4[C@H]5CC[C@@H]([C@H](C)CC[C@H](CC)C(C)C)[C@@]5(C)CC[C@@H]43)C2)[C@H](O)[C@@H](O)[C@@H]1O. The van der Waals surface area contributed by atoms with Gasteiger partial charge in [0, 0.05) is 6.42 Å². The molecule has 0 aromatic carbocycles. The Morgan fingerprint density at radius 3 is 2.18 bits per heavy atom. The van der Waals surface area contributed by atoms with Crippen molar-refractivity contribution in [3.05, 3.63) is 23.8 Å². The van der Waals surface area contributed by atoms with E-state index < -0.39 is 30.7 Å². The molecule has 3 saturated carbocycles. The summed E-state index contributed by atoms with van der Waals surface area (Å²) in [6.45, 7) is 17.0. The van der Waals surface area contributed by atoms with Crippen LogP contribution in [0.2, 0.25) is 0 Å². The molecule has 4 aliphatic carbocycles. The third kappa shape index (κ3) is 12.7. The average molecular weight is 841 g/mol. The van der Waals surface area contributed by atoms with Gasteiger partial charge in [0.2, 0.25) is 0 Å². The summed E-state index contributed by atoms with van der Waals surface area (Å²) in [5.74, 6) is 5.21. The highest BCUT2D eigenvalue weighted by molar-refractivity contribution is 5.69. The molecule has 1 aliphatic heterocycles. The summed E-state index contributed by atoms with van der Waals surface area (Å²) in [5, 5.41) is 32.5. The fraction of sp³-hybridized carbons (Fsp3) is 0.906. The lowest BCUT2D eigenvalue weighted by Crippen LogP contribution is -2.60. The predicted molar refractivity (Wildman–Crippen MR) is 244 cm³/mol. The summed E-state index contributed by atoms with van der Waals surface area (Å²) in [7, 11) is 0. The largest absolute Gasteiger partial charge is 0.463 e. The Labute approximate surface area is 367 Å². The molecule has 1 heterocycles. The normalized spacial score (nSPS) is 36.4. The van der Waals surface area contributed by atoms with E-state index in [9.17, 15) is 20.1 Å². The van der Waals surface area contributed by atoms with Crippen LogP contribution in [-0.2, 0) is 19.0 Å². The second kappa shape index (κ2) is 24.2. The van der Waals surface area contributed by atoms with E-state index in [4.69, 9.17) is 14.2 Å². The number of carbonyl (C=O) groups excluding carboxylic acids is 1. The van der Waals surface area contributed by atoms with Gasteiger partial charge in [0.25, 0.3) is 0 Å². The molecule has 0 spiro atoms. The Balaban J connectivity index is 1.02. The van der Waals surface area contributed by atoms with E-state index in [2.05, 4.69) is 66.7 Å². The van der Waals surface area contributed by atoms with Crippen LogP contribution >= 0.6 is 0 Å². The number of allylic oxidation sites excluding steroid dienone is 3. The minimum atomic E-state index is -1.45. The van der Waals surface area contributed by atoms with Crippen LogP contribution in [-0.4, -0.2) is 64.7 Å². The minimum absolute atomic E-state index is 0.143. The third-order valence-electron chi connectivity index (χ3n) is 17.3. The van der Waals surface area contributed by atoms with Crippen molar-refractivity contribution in [3.8, 4) is 0 Å². The third-order valence-corrected chi connectivity index (χ3v) is 17.3. The van der Waals surface area contributed by atoms with Gasteiger partial charge in [0.15, 0.2) is 6.29 Å². The fourth-order valence-corrected chi connectivity index (χ4v) is 13.3. The Morgan fingerprint density at radius 2 is 1.50 bits per heavy atom. The van der Waals surface area contributed by atoms with Crippen LogP contribution in [0.5, 0.6) is 0 Å². The summed E-state index contributed by atoms with van der Waals surface area (Å²) in [6, 6.07) is 0. The van der Waals surface area contributed by atoms with Crippen molar-refractivity contribution in [3.63, 3.8) is 0 Å². The van der Waals surface area contributed by atoms with Crippen molar-refractivity contribution in [2.45, 2.75) is 246 Å². The predicted octanol–water partition coefficient (Wildman–Crippen LogP) is 12.4. The van der Waals surface area contributed by atoms with Crippen LogP contribution < -0.4 is 0 Å². The van der Waals surface area contributed by atoms with Crippen LogP contribution in [0.3, 0.4) is 0 Å². The summed E-state index contributed by atoms with van der Waals surface area (Å²) in [4.78, 5) is 12.6. The summed E-state index contributed by atoms with van der Waals surface area (Å²) in [6.07, 6.45) is 30.1. The molecule has 346 valence electrons. The first-order chi connectivity index (χ1) is 28.8. The number of hydrogen-bond donors (Lipinski definition) is 3. The van der Waals surface area contributed by atoms with Gasteiger partial charge < -0.3 is 29.5 Å². The molecule has 0 amide bonds. The number of unbranched alkanes of at least 4 members (excludes halogenated alkanes) is 11. The highest BCUT2D eigenvalue weighted by Gasteiger charge is 2.59. The molecule has 0 bridgehead atoms. The minimum Gasteiger partial charge on any atom is -0.463 e. The van der Waals surface area contributed by atoms with E-state index in [-0.39, 0.29) is 24.1 Å². The molecule has 14 atom stereocenters. The van der Waals surface area contributed by atoms with Crippen molar-refractivity contribution in [1.82, 2.24) is 0 Å². The number of hydrogen-bond acceptors (Lipinski definition) is 7. The summed E-state index contributed by atoms with van der Waals surface area (Å²) < 4.78 is 18.0. The highest BCUT2D eigenvalue weighted by atomic mass is 16.7. The van der Waals surface area contributed by atoms with Crippen molar-refractivity contribution in [2.24, 2.45) is 52.3 Å². The van der Waals surface area contributed by atoms with Crippen molar-refractivity contribution >= 4 is 5.97 Å². The van der Waals surface area contributed by atoms with Gasteiger partial charge in [-0.3, -0.25) is 4.79 Å². The molecule has 0 unspecified atom stereocenters. The van der Waals surface area contributed by atoms with Crippen molar-refractivity contribution in [2.75, 3.05) is 6.61 Å². The van der Waals surface area contributed by atoms with Crippen LogP contribution in [0.15, 0.2) is 23.8 Å². The monoisotopic (exact) mass is 841 g/mol. The fourth-order valence-electron chi connectivity index (χ4n) is 13.3. The first kappa shape index (κ1) is 49.8. The molecule has 4 fully saturated rings. The van der Waals surface area contributed by atoms with Crippen LogP contribution in [0.4, 0.5) is 0 Å². The number of fused-ring (bicyclic) bond motifs is 5. The van der Waals surface area contributed by atoms with E-state index in [1.807, 2.05) is 0 Å². The second-order valence-corrected chi connectivity index (χ2v) is 21.5. The van der Waals surface area contributed by atoms with E-state index in [1.54, 1.807) is 0 Å². The molecule has 60 heavy (non-hydrogen) atoms. The van der Waals surface area contributed by atoms with Gasteiger partial charge >= 0.3 is 5.97 Å². The van der Waals surface area contributed by atoms with Crippen LogP contribution in [0.25, 0.3) is 0 Å². The second-order valence-electron chi connectivity index (χ2n) is 21.5. The standard InChI is InChI=1S/C53H92O7/c1-8-10-11-12-13-14-15-16-17-18-19-20-21-22-23-24-47(54)58-36-46-48(55)49(56)50(57)51(60-46)59-41-31-33-52(6)40(35-41)27-28-42-44-30-29-43(53(44,7)34-32-45(42)52)38(5)25-26-39(9-2)37(3)4/h16-17,27,37-39,41-46,48-51,55-57H,8-15,18-26,28-36H2,1-7H3/t38-,39+,41+,42-,43+,44-,45+,46-,48-,49+,50-,51-,52+,53-/m1/s1. The number of aliphatic hydroxyl groups is 3. The maximum absolute atomic E-state index is 12.6. The molecule has 7 nitrogen and oxygen atoms in total. The Hall–Kier alpha value is -1.25. The Kier molecular flexibility index (Phi) is 20.0. The smallest absolute Gasteiger partial charge is 0.305 e. The van der Waals surface area contributed by atoms with Crippen molar-refractivity contribution in [1.29, 1.82) is 0 Å². The molecule has 0 aromatic heterocycles. The van der Waals surface area contributed by atoms with Gasteiger partial charge in [0.1, 0.15) is 31.0 Å². The van der Waals surface area contributed by atoms with E-state index in [1.165, 1.54) is 102 Å². The van der Waals surface area contributed by atoms with Gasteiger partial charge in [-0.15, -0.1) is 0 Å². The maximum atomic E-state index is 12.6. The number of aliphatic hydroxyl groups excluding tert-OH is 3. The summed E-state index contributed by atoms with van der Waals surface area (Å²) >= 11 is 0. The first-order valence-corrected chi connectivity index (χ1v) is 25.7. The molecule has 0 radical (unpaired) electrons. The Bertz CT molecular complexity index is 1330. The van der Waals surface area contributed by atoms with Crippen LogP contribution in [0, 0.1) is 52.3 Å².